The van der Waals surface area contributed by atoms with Gasteiger partial charge in [0.15, 0.2) is 0 Å². The van der Waals surface area contributed by atoms with Gasteiger partial charge in [-0.1, -0.05) is 83.5 Å². The van der Waals surface area contributed by atoms with Crippen molar-refractivity contribution in [2.45, 2.75) is 93.9 Å². The lowest BCUT2D eigenvalue weighted by molar-refractivity contribution is 0.467. The molecule has 6 aliphatic heterocycles. The zero-order valence-corrected chi connectivity index (χ0v) is 48.1. The normalized spacial score (nSPS) is 14.8. The number of benzene rings is 8. The van der Waals surface area contributed by atoms with E-state index in [1.165, 1.54) is 96.3 Å². The zero-order chi connectivity index (χ0) is 53.5. The average molecular weight is 1050 g/mol. The molecular formula is C67H57B3N2O4S2. The summed E-state index contributed by atoms with van der Waals surface area (Å²) in [5, 5.41) is 2.36. The predicted molar refractivity (Wildman–Crippen MR) is 332 cm³/mol. The summed E-state index contributed by atoms with van der Waals surface area (Å²) < 4.78 is 33.9. The Morgan fingerprint density at radius 3 is 1.40 bits per heavy atom. The van der Waals surface area contributed by atoms with Crippen molar-refractivity contribution in [2.24, 2.45) is 0 Å². The Labute approximate surface area is 465 Å². The maximum Gasteiger partial charge on any atom is 0.273 e. The van der Waals surface area contributed by atoms with Crippen LogP contribution < -0.4 is 76.5 Å². The Hall–Kier alpha value is -7.33. The average Bonchev–Trinajstić information content (AvgIpc) is 4.05. The molecule has 78 heavy (non-hydrogen) atoms. The van der Waals surface area contributed by atoms with E-state index in [4.69, 9.17) is 18.9 Å². The summed E-state index contributed by atoms with van der Waals surface area (Å²) in [4.78, 5) is 4.91. The first-order valence-electron chi connectivity index (χ1n) is 27.5. The molecule has 0 aliphatic carbocycles. The third-order valence-electron chi connectivity index (χ3n) is 17.7. The maximum absolute atomic E-state index is 7.42. The molecule has 0 saturated carbocycles. The highest BCUT2D eigenvalue weighted by molar-refractivity contribution is 7.34. The summed E-state index contributed by atoms with van der Waals surface area (Å²) in [6.07, 6.45) is 0. The van der Waals surface area contributed by atoms with Gasteiger partial charge in [0.1, 0.15) is 46.0 Å². The van der Waals surface area contributed by atoms with E-state index in [0.717, 1.165) is 90.6 Å². The van der Waals surface area contributed by atoms with Crippen molar-refractivity contribution in [3.8, 4) is 46.0 Å². The summed E-state index contributed by atoms with van der Waals surface area (Å²) >= 11 is 3.74. The first-order chi connectivity index (χ1) is 37.2. The largest absolute Gasteiger partial charge is 0.458 e. The van der Waals surface area contributed by atoms with E-state index < -0.39 is 0 Å². The van der Waals surface area contributed by atoms with Crippen LogP contribution in [0.3, 0.4) is 0 Å². The third-order valence-corrected chi connectivity index (χ3v) is 20.2. The molecule has 0 saturated heterocycles. The minimum absolute atomic E-state index is 0.00781. The van der Waals surface area contributed by atoms with Crippen molar-refractivity contribution < 1.29 is 18.9 Å². The molecule has 2 aromatic heterocycles. The Kier molecular flexibility index (Phi) is 9.28. The van der Waals surface area contributed by atoms with Crippen molar-refractivity contribution in [3.05, 3.63) is 154 Å². The molecule has 0 unspecified atom stereocenters. The van der Waals surface area contributed by atoms with E-state index >= 15 is 0 Å². The van der Waals surface area contributed by atoms with E-state index in [-0.39, 0.29) is 31.0 Å². The number of rotatable bonds is 1. The molecule has 0 radical (unpaired) electrons. The van der Waals surface area contributed by atoms with Crippen LogP contribution in [-0.2, 0) is 10.8 Å². The van der Waals surface area contributed by atoms with Crippen molar-refractivity contribution in [2.75, 3.05) is 16.8 Å². The second kappa shape index (κ2) is 15.5. The van der Waals surface area contributed by atoms with Crippen LogP contribution in [0.2, 0.25) is 0 Å². The summed E-state index contributed by atoms with van der Waals surface area (Å²) in [7, 11) is 2.21. The Morgan fingerprint density at radius 1 is 0.397 bits per heavy atom. The van der Waals surface area contributed by atoms with Gasteiger partial charge < -0.3 is 28.7 Å². The highest BCUT2D eigenvalue weighted by Gasteiger charge is 2.50. The lowest BCUT2D eigenvalue weighted by atomic mass is 9.30. The zero-order valence-electron chi connectivity index (χ0n) is 46.5. The smallest absolute Gasteiger partial charge is 0.273 e. The molecule has 6 nitrogen and oxygen atoms in total. The van der Waals surface area contributed by atoms with Crippen LogP contribution in [0.25, 0.3) is 20.2 Å². The van der Waals surface area contributed by atoms with Gasteiger partial charge in [0.2, 0.25) is 0 Å². The number of aryl methyl sites for hydroxylation is 6. The topological polar surface area (TPSA) is 43.4 Å². The molecule has 10 aromatic rings. The standard InChI is InChI=1S/C67H57B3N2O4S2/c1-32-18-36(5)61(37(6)19-32)72-47-31-51-45(70-60-54(74-51)24-35(4)25-55(60)76-63-41-27-39(67(10,11)12)15-17-57(41)78-65(63)70)29-43(47)68-44-28-42-46(30-50(44)73-52-22-34(3)21-49(72)59(52)68)71(13)48-20-33(2)23-53-58(48)69(42)64-62(75-53)40-26-38(66(7,8)9)14-16-56(40)77-64/h14-31H,1-13H3. The summed E-state index contributed by atoms with van der Waals surface area (Å²) in [6.45, 7) is 26.7. The van der Waals surface area contributed by atoms with Crippen molar-refractivity contribution >= 4 is 139 Å². The van der Waals surface area contributed by atoms with Gasteiger partial charge in [0.05, 0.1) is 5.69 Å². The minimum atomic E-state index is -0.178. The molecule has 0 spiro atoms. The fraction of sp³-hybridized carbons (Fsp3) is 0.224. The number of hydrogen-bond acceptors (Lipinski definition) is 8. The molecule has 0 bridgehead atoms. The van der Waals surface area contributed by atoms with Crippen LogP contribution in [0.5, 0.6) is 46.0 Å². The highest BCUT2D eigenvalue weighted by atomic mass is 32.1. The van der Waals surface area contributed by atoms with Gasteiger partial charge >= 0.3 is 0 Å². The molecule has 0 amide bonds. The summed E-state index contributed by atoms with van der Waals surface area (Å²) in [5.41, 5.74) is 23.7. The molecule has 380 valence electrons. The fourth-order valence-corrected chi connectivity index (χ4v) is 16.7. The summed E-state index contributed by atoms with van der Waals surface area (Å²) in [6, 6.07) is 42.0. The molecule has 8 heterocycles. The van der Waals surface area contributed by atoms with E-state index in [9.17, 15) is 0 Å². The molecule has 8 aromatic carbocycles. The lowest BCUT2D eigenvalue weighted by Gasteiger charge is -2.43. The first-order valence-corrected chi connectivity index (χ1v) is 29.2. The molecular weight excluding hydrogens is 993 g/mol. The van der Waals surface area contributed by atoms with Gasteiger partial charge in [-0.2, -0.15) is 0 Å². The van der Waals surface area contributed by atoms with Gasteiger partial charge in [-0.05, 0) is 185 Å². The number of fused-ring (bicyclic) bond motifs is 16. The van der Waals surface area contributed by atoms with Gasteiger partial charge in [0.25, 0.3) is 20.1 Å². The molecule has 0 fully saturated rings. The van der Waals surface area contributed by atoms with Gasteiger partial charge in [-0.3, -0.25) is 0 Å². The van der Waals surface area contributed by atoms with E-state index in [1.54, 1.807) is 0 Å². The predicted octanol–water partition coefficient (Wildman–Crippen LogP) is 12.4. The highest BCUT2D eigenvalue weighted by Crippen LogP contribution is 2.49. The first kappa shape index (κ1) is 46.7. The Bertz CT molecular complexity index is 4420. The second-order valence-corrected chi connectivity index (χ2v) is 27.5. The number of nitrogens with zero attached hydrogens (tertiary/aromatic N) is 2. The monoisotopic (exact) mass is 1050 g/mol. The van der Waals surface area contributed by atoms with Crippen molar-refractivity contribution in [1.82, 2.24) is 0 Å². The van der Waals surface area contributed by atoms with E-state index in [1.807, 2.05) is 22.7 Å². The maximum atomic E-state index is 7.42. The van der Waals surface area contributed by atoms with Crippen LogP contribution >= 0.6 is 22.7 Å². The van der Waals surface area contributed by atoms with E-state index in [0.29, 0.717) is 0 Å². The van der Waals surface area contributed by atoms with Crippen LogP contribution in [0, 0.1) is 41.5 Å². The van der Waals surface area contributed by atoms with Crippen molar-refractivity contribution in [1.29, 1.82) is 0 Å². The molecule has 0 N–H and O–H groups in total. The van der Waals surface area contributed by atoms with Gasteiger partial charge in [-0.25, -0.2) is 0 Å². The molecule has 6 aliphatic rings. The number of anilines is 5. The molecule has 16 rings (SSSR count). The number of ether oxygens (including phenoxy) is 4. The lowest BCUT2D eigenvalue weighted by Crippen LogP contribution is -2.64. The van der Waals surface area contributed by atoms with Gasteiger partial charge in [0, 0.05) is 77.1 Å². The third kappa shape index (κ3) is 6.34. The van der Waals surface area contributed by atoms with Crippen molar-refractivity contribution in [3.63, 3.8) is 0 Å². The molecule has 11 heteroatoms. The Morgan fingerprint density at radius 2 is 0.833 bits per heavy atom. The van der Waals surface area contributed by atoms with Gasteiger partial charge in [-0.15, -0.1) is 22.7 Å². The number of thiophene rings is 2. The quantitative estimate of drug-likeness (QED) is 0.153. The minimum Gasteiger partial charge on any atom is -0.458 e. The van der Waals surface area contributed by atoms with Crippen LogP contribution in [0.1, 0.15) is 86.1 Å². The van der Waals surface area contributed by atoms with Crippen LogP contribution in [0.15, 0.2) is 109 Å². The van der Waals surface area contributed by atoms with Crippen LogP contribution in [0.4, 0.5) is 28.4 Å². The Balaban J connectivity index is 0.972. The second-order valence-electron chi connectivity index (χ2n) is 25.3. The van der Waals surface area contributed by atoms with Crippen LogP contribution in [-0.4, -0.2) is 27.2 Å². The SMILES string of the molecule is Cc1cc(C)c(N2c3cc4c(cc3B3c5cc6c(cc5Oc5cc(C)cc2c53)N(C)c2cc(C)cc3c2B6c2sc5ccc(C(C)(C)C)cc5c2O3)B2c3sc5ccc(C(C)(C)C)cc5c3Oc3cc(C)cc(c32)O4)c(C)c1. The number of hydrogen-bond donors (Lipinski definition) is 0. The molecule has 0 atom stereocenters. The fourth-order valence-electron chi connectivity index (χ4n) is 14.2. The summed E-state index contributed by atoms with van der Waals surface area (Å²) in [5.74, 6) is 7.28. The van der Waals surface area contributed by atoms with E-state index in [2.05, 4.69) is 209 Å².